The van der Waals surface area contributed by atoms with Crippen molar-refractivity contribution in [1.29, 1.82) is 0 Å². The van der Waals surface area contributed by atoms with E-state index in [0.29, 0.717) is 19.6 Å². The van der Waals surface area contributed by atoms with Crippen molar-refractivity contribution in [3.05, 3.63) is 82.0 Å². The van der Waals surface area contributed by atoms with Crippen molar-refractivity contribution in [3.8, 4) is 12.3 Å². The molecule has 1 aromatic carbocycles. The minimum atomic E-state index is -0.447. The molecule has 0 saturated carbocycles. The van der Waals surface area contributed by atoms with Crippen molar-refractivity contribution in [2.45, 2.75) is 45.1 Å². The van der Waals surface area contributed by atoms with E-state index in [9.17, 15) is 9.59 Å². The topological polar surface area (TPSA) is 80.3 Å². The molecular weight excluding hydrogens is 458 g/mol. The number of hydrogen-bond acceptors (Lipinski definition) is 5. The standard InChI is InChI=1S/C28H29N3O3S/c1-3-23-24-13-12-20(18-34-28(33)30-17-22-11-7-8-14-29-22)16-25(24)35-27(23)31-26(32)15-19(2)21-9-5-4-6-10-21/h1,4-11,14,19-20H,12-13,15-18H2,2H3,(H,30,33)(H,31,32). The minimum Gasteiger partial charge on any atom is -0.449 e. The zero-order valence-electron chi connectivity index (χ0n) is 19.8. The highest BCUT2D eigenvalue weighted by Crippen LogP contribution is 2.39. The lowest BCUT2D eigenvalue weighted by Gasteiger charge is -2.22. The number of anilines is 1. The quantitative estimate of drug-likeness (QED) is 0.423. The first-order valence-corrected chi connectivity index (χ1v) is 12.6. The van der Waals surface area contributed by atoms with Gasteiger partial charge in [0.25, 0.3) is 0 Å². The maximum Gasteiger partial charge on any atom is 0.407 e. The molecule has 7 heteroatoms. The lowest BCUT2D eigenvalue weighted by molar-refractivity contribution is -0.116. The molecule has 0 spiro atoms. The second-order valence-electron chi connectivity index (χ2n) is 8.80. The number of aromatic nitrogens is 1. The van der Waals surface area contributed by atoms with Crippen molar-refractivity contribution in [2.75, 3.05) is 11.9 Å². The fourth-order valence-electron chi connectivity index (χ4n) is 4.30. The van der Waals surface area contributed by atoms with Crippen LogP contribution in [0.25, 0.3) is 0 Å². The van der Waals surface area contributed by atoms with Crippen molar-refractivity contribution in [2.24, 2.45) is 5.92 Å². The van der Waals surface area contributed by atoms with Gasteiger partial charge < -0.3 is 15.4 Å². The molecule has 2 amide bonds. The van der Waals surface area contributed by atoms with Gasteiger partial charge in [0.1, 0.15) is 5.00 Å². The van der Waals surface area contributed by atoms with Crippen LogP contribution in [0.4, 0.5) is 9.80 Å². The summed E-state index contributed by atoms with van der Waals surface area (Å²) in [5.74, 6) is 3.08. The van der Waals surface area contributed by atoms with E-state index in [1.807, 2.05) is 55.5 Å². The molecular formula is C28H29N3O3S. The number of hydrogen-bond donors (Lipinski definition) is 2. The number of thiophene rings is 1. The normalized spacial score (nSPS) is 15.4. The highest BCUT2D eigenvalue weighted by Gasteiger charge is 2.27. The highest BCUT2D eigenvalue weighted by molar-refractivity contribution is 7.16. The third-order valence-electron chi connectivity index (χ3n) is 6.21. The van der Waals surface area contributed by atoms with Crippen LogP contribution in [0.2, 0.25) is 0 Å². The lowest BCUT2D eigenvalue weighted by atomic mass is 9.87. The van der Waals surface area contributed by atoms with Gasteiger partial charge in [-0.05, 0) is 54.4 Å². The lowest BCUT2D eigenvalue weighted by Crippen LogP contribution is -2.28. The van der Waals surface area contributed by atoms with Crippen LogP contribution in [-0.4, -0.2) is 23.6 Å². The first-order valence-electron chi connectivity index (χ1n) is 11.8. The van der Waals surface area contributed by atoms with E-state index in [1.54, 1.807) is 17.5 Å². The Bertz CT molecular complexity index is 1200. The highest BCUT2D eigenvalue weighted by atomic mass is 32.1. The molecule has 1 aliphatic rings. The number of nitrogens with one attached hydrogen (secondary N) is 2. The van der Waals surface area contributed by atoms with E-state index in [4.69, 9.17) is 11.2 Å². The second-order valence-corrected chi connectivity index (χ2v) is 9.90. The molecule has 4 rings (SSSR count). The Morgan fingerprint density at radius 2 is 2.03 bits per heavy atom. The maximum atomic E-state index is 12.7. The second kappa shape index (κ2) is 11.7. The Balaban J connectivity index is 1.30. The van der Waals surface area contributed by atoms with E-state index in [0.717, 1.165) is 51.5 Å². The number of carbonyl (C=O) groups is 2. The Morgan fingerprint density at radius 3 is 2.77 bits per heavy atom. The zero-order chi connectivity index (χ0) is 24.6. The van der Waals surface area contributed by atoms with E-state index in [1.165, 1.54) is 0 Å². The van der Waals surface area contributed by atoms with Crippen LogP contribution in [0, 0.1) is 18.3 Å². The SMILES string of the molecule is C#Cc1c(NC(=O)CC(C)c2ccccc2)sc2c1CCC(COC(=O)NCc1ccccn1)C2. The number of terminal acetylenes is 1. The molecule has 2 N–H and O–H groups in total. The smallest absolute Gasteiger partial charge is 0.407 e. The predicted molar refractivity (Wildman–Crippen MR) is 138 cm³/mol. The average molecular weight is 488 g/mol. The Kier molecular flexibility index (Phi) is 8.17. The molecule has 2 heterocycles. The number of ether oxygens (including phenoxy) is 1. The van der Waals surface area contributed by atoms with Crippen molar-refractivity contribution >= 4 is 28.3 Å². The molecule has 2 atom stereocenters. The van der Waals surface area contributed by atoms with Gasteiger partial charge in [-0.15, -0.1) is 17.8 Å². The molecule has 180 valence electrons. The Labute approximate surface area is 210 Å². The van der Waals surface area contributed by atoms with Gasteiger partial charge in [-0.3, -0.25) is 9.78 Å². The number of fused-ring (bicyclic) bond motifs is 1. The van der Waals surface area contributed by atoms with E-state index >= 15 is 0 Å². The number of pyridine rings is 1. The molecule has 1 aliphatic carbocycles. The molecule has 6 nitrogen and oxygen atoms in total. The molecule has 0 aliphatic heterocycles. The van der Waals surface area contributed by atoms with Gasteiger partial charge in [-0.2, -0.15) is 0 Å². The summed E-state index contributed by atoms with van der Waals surface area (Å²) in [6.07, 6.45) is 9.92. The minimum absolute atomic E-state index is 0.0408. The molecule has 0 fully saturated rings. The third kappa shape index (κ3) is 6.49. The van der Waals surface area contributed by atoms with E-state index in [-0.39, 0.29) is 17.7 Å². The average Bonchev–Trinajstić information content (AvgIpc) is 3.23. The van der Waals surface area contributed by atoms with Gasteiger partial charge in [0.15, 0.2) is 0 Å². The molecule has 3 aromatic rings. The molecule has 0 bridgehead atoms. The summed E-state index contributed by atoms with van der Waals surface area (Å²) in [5, 5.41) is 6.53. The van der Waals surface area contributed by atoms with Crippen molar-refractivity contribution < 1.29 is 14.3 Å². The number of nitrogens with zero attached hydrogens (tertiary/aromatic N) is 1. The molecule has 2 unspecified atom stereocenters. The molecule has 35 heavy (non-hydrogen) atoms. The van der Waals surface area contributed by atoms with Gasteiger partial charge >= 0.3 is 6.09 Å². The van der Waals surface area contributed by atoms with Gasteiger partial charge in [-0.25, -0.2) is 4.79 Å². The monoisotopic (exact) mass is 487 g/mol. The van der Waals surface area contributed by atoms with Crippen LogP contribution < -0.4 is 10.6 Å². The van der Waals surface area contributed by atoms with E-state index < -0.39 is 6.09 Å². The largest absolute Gasteiger partial charge is 0.449 e. The maximum absolute atomic E-state index is 12.7. The van der Waals surface area contributed by atoms with Gasteiger partial charge in [0, 0.05) is 17.5 Å². The van der Waals surface area contributed by atoms with Crippen LogP contribution in [0.5, 0.6) is 0 Å². The molecule has 2 aromatic heterocycles. The van der Waals surface area contributed by atoms with Gasteiger partial charge in [0.05, 0.1) is 24.4 Å². The first-order chi connectivity index (χ1) is 17.0. The van der Waals surface area contributed by atoms with Gasteiger partial charge in [0.2, 0.25) is 5.91 Å². The fraction of sp³-hybridized carbons (Fsp3) is 0.321. The van der Waals surface area contributed by atoms with Crippen LogP contribution in [0.1, 0.15) is 52.9 Å². The third-order valence-corrected chi connectivity index (χ3v) is 7.38. The number of benzene rings is 1. The summed E-state index contributed by atoms with van der Waals surface area (Å²) in [7, 11) is 0. The Morgan fingerprint density at radius 1 is 1.23 bits per heavy atom. The van der Waals surface area contributed by atoms with E-state index in [2.05, 4.69) is 21.5 Å². The van der Waals surface area contributed by atoms with Crippen molar-refractivity contribution in [1.82, 2.24) is 10.3 Å². The fourth-order valence-corrected chi connectivity index (χ4v) is 5.64. The van der Waals surface area contributed by atoms with Gasteiger partial charge in [-0.1, -0.05) is 49.2 Å². The van der Waals surface area contributed by atoms with Crippen LogP contribution in [0.3, 0.4) is 0 Å². The summed E-state index contributed by atoms with van der Waals surface area (Å²) in [4.78, 5) is 30.2. The number of amides is 2. The number of rotatable bonds is 8. The summed E-state index contributed by atoms with van der Waals surface area (Å²) in [6, 6.07) is 15.6. The first kappa shape index (κ1) is 24.5. The zero-order valence-corrected chi connectivity index (χ0v) is 20.6. The number of alkyl carbamates (subject to hydrolysis) is 1. The van der Waals surface area contributed by atoms with Crippen LogP contribution >= 0.6 is 11.3 Å². The van der Waals surface area contributed by atoms with Crippen molar-refractivity contribution in [3.63, 3.8) is 0 Å². The van der Waals surface area contributed by atoms with Crippen LogP contribution in [0.15, 0.2) is 54.7 Å². The summed E-state index contributed by atoms with van der Waals surface area (Å²) in [5.41, 5.74) is 3.84. The predicted octanol–water partition coefficient (Wildman–Crippen LogP) is 5.29. The summed E-state index contributed by atoms with van der Waals surface area (Å²) >= 11 is 1.54. The van der Waals surface area contributed by atoms with Crippen LogP contribution in [-0.2, 0) is 28.9 Å². The number of carbonyl (C=O) groups excluding carboxylic acids is 2. The molecule has 0 saturated heterocycles. The summed E-state index contributed by atoms with van der Waals surface area (Å²) in [6.45, 7) is 2.72. The Hall–Kier alpha value is -3.63. The molecule has 0 radical (unpaired) electrons. The summed E-state index contributed by atoms with van der Waals surface area (Å²) < 4.78 is 5.45.